The zero-order valence-corrected chi connectivity index (χ0v) is 23.2. The summed E-state index contributed by atoms with van der Waals surface area (Å²) in [5.74, 6) is 1.09. The van der Waals surface area contributed by atoms with Crippen molar-refractivity contribution in [3.05, 3.63) is 67.6 Å². The van der Waals surface area contributed by atoms with Crippen molar-refractivity contribution in [3.63, 3.8) is 0 Å². The van der Waals surface area contributed by atoms with Gasteiger partial charge in [0.1, 0.15) is 27.6 Å². The number of rotatable bonds is 6. The molecule has 3 heterocycles. The molecule has 194 valence electrons. The van der Waals surface area contributed by atoms with Crippen molar-refractivity contribution < 1.29 is 9.18 Å². The predicted octanol–water partition coefficient (Wildman–Crippen LogP) is 5.46. The lowest BCUT2D eigenvalue weighted by atomic mass is 9.91. The van der Waals surface area contributed by atoms with E-state index in [-0.39, 0.29) is 29.4 Å². The molecule has 0 saturated carbocycles. The van der Waals surface area contributed by atoms with Gasteiger partial charge >= 0.3 is 0 Å². The monoisotopic (exact) mass is 538 g/mol. The summed E-state index contributed by atoms with van der Waals surface area (Å²) < 4.78 is 15.5. The van der Waals surface area contributed by atoms with Gasteiger partial charge in [0.2, 0.25) is 0 Å². The first-order chi connectivity index (χ1) is 17.6. The van der Waals surface area contributed by atoms with Crippen molar-refractivity contribution in [2.24, 2.45) is 11.8 Å². The van der Waals surface area contributed by atoms with E-state index < -0.39 is 0 Å². The van der Waals surface area contributed by atoms with E-state index in [1.165, 1.54) is 28.8 Å². The maximum absolute atomic E-state index is 13.5. The molecule has 0 aliphatic carbocycles. The molecule has 2 atom stereocenters. The van der Waals surface area contributed by atoms with Crippen molar-refractivity contribution >= 4 is 46.1 Å². The van der Waals surface area contributed by atoms with Crippen molar-refractivity contribution in [3.8, 4) is 6.07 Å². The van der Waals surface area contributed by atoms with Crippen LogP contribution in [0.4, 0.5) is 10.2 Å². The van der Waals surface area contributed by atoms with Crippen LogP contribution in [0, 0.1) is 35.9 Å². The van der Waals surface area contributed by atoms with E-state index in [0.29, 0.717) is 38.7 Å². The number of hydrogen-bond donors (Lipinski definition) is 0. The molecule has 0 spiro atoms. The highest BCUT2D eigenvalue weighted by Gasteiger charge is 2.34. The minimum Gasteiger partial charge on any atom is -0.357 e. The maximum atomic E-state index is 13.5. The molecule has 2 aromatic rings. The molecule has 0 N–H and O–H groups in total. The Kier molecular flexibility index (Phi) is 8.20. The highest BCUT2D eigenvalue weighted by Crippen LogP contribution is 2.38. The van der Waals surface area contributed by atoms with Crippen LogP contribution < -0.4 is 10.5 Å². The average molecular weight is 539 g/mol. The molecule has 2 aliphatic heterocycles. The first kappa shape index (κ1) is 27.1. The number of nitriles is 1. The van der Waals surface area contributed by atoms with Gasteiger partial charge in [-0.25, -0.2) is 4.39 Å². The minimum atomic E-state index is -0.339. The van der Waals surface area contributed by atoms with Gasteiger partial charge in [0.25, 0.3) is 11.5 Å². The predicted molar refractivity (Wildman–Crippen MR) is 151 cm³/mol. The summed E-state index contributed by atoms with van der Waals surface area (Å²) in [4.78, 5) is 31.0. The van der Waals surface area contributed by atoms with E-state index in [1.807, 2.05) is 6.92 Å². The Balaban J connectivity index is 1.83. The highest BCUT2D eigenvalue weighted by molar-refractivity contribution is 8.26. The SMILES string of the molecule is CCCn1c(N2CC(C)CC(C)C2)c(/C=C2\SC(=S)N(Cc3ccc(F)cc3)C2=O)c(C)c(C#N)c1=O. The fourth-order valence-corrected chi connectivity index (χ4v) is 6.53. The third-order valence-electron chi connectivity index (χ3n) is 6.86. The lowest BCUT2D eigenvalue weighted by Gasteiger charge is -2.39. The molecular weight excluding hydrogens is 507 g/mol. The van der Waals surface area contributed by atoms with Gasteiger partial charge in [0, 0.05) is 25.2 Å². The molecule has 0 bridgehead atoms. The summed E-state index contributed by atoms with van der Waals surface area (Å²) in [6.07, 6.45) is 3.64. The molecule has 2 unspecified atom stereocenters. The van der Waals surface area contributed by atoms with Gasteiger partial charge < -0.3 is 4.90 Å². The summed E-state index contributed by atoms with van der Waals surface area (Å²) in [6, 6.07) is 8.10. The van der Waals surface area contributed by atoms with E-state index >= 15 is 0 Å². The van der Waals surface area contributed by atoms with Gasteiger partial charge in [0.15, 0.2) is 0 Å². The van der Waals surface area contributed by atoms with E-state index in [0.717, 1.165) is 37.3 Å². The Hall–Kier alpha value is -2.96. The van der Waals surface area contributed by atoms with Crippen LogP contribution in [0.15, 0.2) is 34.0 Å². The summed E-state index contributed by atoms with van der Waals surface area (Å²) >= 11 is 6.74. The van der Waals surface area contributed by atoms with Crippen LogP contribution in [0.1, 0.15) is 55.9 Å². The minimum absolute atomic E-state index is 0.100. The first-order valence-corrected chi connectivity index (χ1v) is 13.8. The Bertz CT molecular complexity index is 1350. The molecule has 2 fully saturated rings. The van der Waals surface area contributed by atoms with Gasteiger partial charge in [-0.2, -0.15) is 5.26 Å². The average Bonchev–Trinajstić information content (AvgIpc) is 3.10. The number of aromatic nitrogens is 1. The number of hydrogen-bond acceptors (Lipinski definition) is 6. The van der Waals surface area contributed by atoms with Crippen LogP contribution in [0.2, 0.25) is 0 Å². The second-order valence-corrected chi connectivity index (χ2v) is 11.7. The highest BCUT2D eigenvalue weighted by atomic mass is 32.2. The summed E-state index contributed by atoms with van der Waals surface area (Å²) in [6.45, 7) is 10.5. The summed E-state index contributed by atoms with van der Waals surface area (Å²) in [5.41, 5.74) is 1.88. The molecule has 2 aliphatic rings. The number of benzene rings is 1. The van der Waals surface area contributed by atoms with Crippen molar-refractivity contribution in [1.29, 1.82) is 5.26 Å². The van der Waals surface area contributed by atoms with Crippen LogP contribution in [0.5, 0.6) is 0 Å². The van der Waals surface area contributed by atoms with Crippen molar-refractivity contribution in [2.45, 2.75) is 53.6 Å². The van der Waals surface area contributed by atoms with Gasteiger partial charge in [-0.05, 0) is 60.9 Å². The van der Waals surface area contributed by atoms with Crippen molar-refractivity contribution in [1.82, 2.24) is 9.47 Å². The second kappa shape index (κ2) is 11.2. The number of pyridine rings is 1. The molecule has 4 rings (SSSR count). The Morgan fingerprint density at radius 3 is 2.43 bits per heavy atom. The topological polar surface area (TPSA) is 69.3 Å². The lowest BCUT2D eigenvalue weighted by Crippen LogP contribution is -2.43. The molecule has 1 aromatic carbocycles. The quantitative estimate of drug-likeness (QED) is 0.359. The molecule has 37 heavy (non-hydrogen) atoms. The Labute approximate surface area is 226 Å². The normalized spacial score (nSPS) is 21.1. The standard InChI is InChI=1S/C28H31FN4O2S2/c1-5-10-32-25(31-14-17(2)11-18(3)15-31)22(19(4)23(13-30)26(32)34)12-24-27(35)33(28(36)37-24)16-20-6-8-21(29)9-7-20/h6-9,12,17-18H,5,10-11,14-16H2,1-4H3/b24-12-. The number of carbonyl (C=O) groups excluding carboxylic acids is 1. The molecule has 6 nitrogen and oxygen atoms in total. The smallest absolute Gasteiger partial charge is 0.270 e. The maximum Gasteiger partial charge on any atom is 0.270 e. The van der Waals surface area contributed by atoms with Crippen LogP contribution in [-0.4, -0.2) is 32.8 Å². The third kappa shape index (κ3) is 5.51. The van der Waals surface area contributed by atoms with Crippen LogP contribution in [-0.2, 0) is 17.9 Å². The molecule has 1 amide bonds. The largest absolute Gasteiger partial charge is 0.357 e. The van der Waals surface area contributed by atoms with Gasteiger partial charge in [-0.15, -0.1) is 0 Å². The lowest BCUT2D eigenvalue weighted by molar-refractivity contribution is -0.122. The van der Waals surface area contributed by atoms with Gasteiger partial charge in [-0.1, -0.05) is 56.9 Å². The second-order valence-electron chi connectivity index (χ2n) is 10.1. The number of piperidine rings is 1. The Morgan fingerprint density at radius 1 is 1.19 bits per heavy atom. The number of amides is 1. The summed E-state index contributed by atoms with van der Waals surface area (Å²) in [7, 11) is 0. The van der Waals surface area contributed by atoms with Crippen molar-refractivity contribution in [2.75, 3.05) is 18.0 Å². The van der Waals surface area contributed by atoms with E-state index in [2.05, 4.69) is 24.8 Å². The third-order valence-corrected chi connectivity index (χ3v) is 8.24. The number of nitrogens with zero attached hydrogens (tertiary/aromatic N) is 4. The van der Waals surface area contributed by atoms with E-state index in [9.17, 15) is 19.2 Å². The van der Waals surface area contributed by atoms with Crippen LogP contribution >= 0.6 is 24.0 Å². The zero-order chi connectivity index (χ0) is 26.9. The first-order valence-electron chi connectivity index (χ1n) is 12.6. The van der Waals surface area contributed by atoms with Crippen LogP contribution in [0.3, 0.4) is 0 Å². The van der Waals surface area contributed by atoms with E-state index in [4.69, 9.17) is 12.2 Å². The number of anilines is 1. The number of halogens is 1. The fraction of sp³-hybridized carbons (Fsp3) is 0.429. The fourth-order valence-electron chi connectivity index (χ4n) is 5.29. The molecular formula is C28H31FN4O2S2. The van der Waals surface area contributed by atoms with E-state index in [1.54, 1.807) is 29.7 Å². The van der Waals surface area contributed by atoms with Crippen LogP contribution in [0.25, 0.3) is 6.08 Å². The van der Waals surface area contributed by atoms with Gasteiger partial charge in [0.05, 0.1) is 11.4 Å². The molecule has 0 radical (unpaired) electrons. The molecule has 2 saturated heterocycles. The van der Waals surface area contributed by atoms with Gasteiger partial charge in [-0.3, -0.25) is 19.1 Å². The molecule has 9 heteroatoms. The zero-order valence-electron chi connectivity index (χ0n) is 21.6. The number of thioether (sulfide) groups is 1. The summed E-state index contributed by atoms with van der Waals surface area (Å²) in [5, 5.41) is 9.86. The Morgan fingerprint density at radius 2 is 1.84 bits per heavy atom. The molecule has 1 aromatic heterocycles. The number of carbonyl (C=O) groups is 1. The number of thiocarbonyl (C=S) groups is 1.